The van der Waals surface area contributed by atoms with Gasteiger partial charge in [-0.1, -0.05) is 18.1 Å². The highest BCUT2D eigenvalue weighted by molar-refractivity contribution is 14.1. The number of aromatic nitrogens is 3. The SMILES string of the molecule is CCc1cc(Cc2cn(C)nc2I)on1.C[C@H]1OB(O)c2ccc(F)cc21. The quantitative estimate of drug-likeness (QED) is 0.459. The summed E-state index contributed by atoms with van der Waals surface area (Å²) in [5.41, 5.74) is 3.59. The molecular formula is C18H20BFIN3O3. The Labute approximate surface area is 171 Å². The maximum Gasteiger partial charge on any atom is 0.491 e. The molecule has 3 aromatic rings. The molecule has 1 aliphatic heterocycles. The first-order chi connectivity index (χ1) is 12.9. The van der Waals surface area contributed by atoms with Gasteiger partial charge in [-0.2, -0.15) is 5.10 Å². The fraction of sp³-hybridized carbons (Fsp3) is 0.333. The van der Waals surface area contributed by atoms with Gasteiger partial charge in [-0.3, -0.25) is 4.68 Å². The molecular weight excluding hydrogens is 463 g/mol. The second kappa shape index (κ2) is 8.53. The summed E-state index contributed by atoms with van der Waals surface area (Å²) in [6.07, 6.45) is 3.47. The number of halogens is 2. The summed E-state index contributed by atoms with van der Waals surface area (Å²) >= 11 is 2.23. The zero-order valence-electron chi connectivity index (χ0n) is 15.3. The van der Waals surface area contributed by atoms with Gasteiger partial charge in [0.15, 0.2) is 0 Å². The Hall–Kier alpha value is -1.72. The Morgan fingerprint density at radius 2 is 2.15 bits per heavy atom. The van der Waals surface area contributed by atoms with Crippen molar-refractivity contribution in [2.75, 3.05) is 0 Å². The van der Waals surface area contributed by atoms with Gasteiger partial charge in [-0.15, -0.1) is 0 Å². The lowest BCUT2D eigenvalue weighted by Crippen LogP contribution is -2.27. The zero-order chi connectivity index (χ0) is 19.6. The third-order valence-electron chi connectivity index (χ3n) is 4.27. The average Bonchev–Trinajstić information content (AvgIpc) is 3.28. The van der Waals surface area contributed by atoms with E-state index in [1.807, 2.05) is 24.0 Å². The first-order valence-electron chi connectivity index (χ1n) is 8.62. The Balaban J connectivity index is 0.000000159. The summed E-state index contributed by atoms with van der Waals surface area (Å²) in [6.45, 7) is 3.85. The third-order valence-corrected chi connectivity index (χ3v) is 5.18. The lowest BCUT2D eigenvalue weighted by atomic mass is 9.79. The maximum absolute atomic E-state index is 12.7. The zero-order valence-corrected chi connectivity index (χ0v) is 17.5. The average molecular weight is 483 g/mol. The van der Waals surface area contributed by atoms with Crippen molar-refractivity contribution >= 4 is 35.2 Å². The largest absolute Gasteiger partial charge is 0.491 e. The number of hydrogen-bond acceptors (Lipinski definition) is 5. The number of fused-ring (bicyclic) bond motifs is 1. The number of hydrogen-bond donors (Lipinski definition) is 1. The van der Waals surface area contributed by atoms with Gasteiger partial charge in [-0.25, -0.2) is 4.39 Å². The summed E-state index contributed by atoms with van der Waals surface area (Å²) in [5, 5.41) is 17.5. The molecule has 142 valence electrons. The minimum absolute atomic E-state index is 0.217. The van der Waals surface area contributed by atoms with Gasteiger partial charge in [0.1, 0.15) is 15.3 Å². The number of nitrogens with zero attached hydrogens (tertiary/aromatic N) is 3. The van der Waals surface area contributed by atoms with Crippen molar-refractivity contribution in [3.63, 3.8) is 0 Å². The van der Waals surface area contributed by atoms with Gasteiger partial charge in [0, 0.05) is 31.3 Å². The molecule has 6 nitrogen and oxygen atoms in total. The highest BCUT2D eigenvalue weighted by Gasteiger charge is 2.32. The molecule has 0 radical (unpaired) electrons. The standard InChI is InChI=1S/C10H12IN3O.C8H8BFO2/c1-3-8-5-9(15-13-8)4-7-6-14(2)12-10(7)11;1-5-7-4-6(10)2-3-8(7)9(11)12-5/h5-6H,3-4H2,1-2H3;2-5,11H,1H3/t;5-/m.1/s1. The molecule has 0 spiro atoms. The molecule has 27 heavy (non-hydrogen) atoms. The molecule has 0 unspecified atom stereocenters. The fourth-order valence-electron chi connectivity index (χ4n) is 2.88. The molecule has 0 aliphatic carbocycles. The molecule has 1 aromatic carbocycles. The molecule has 9 heteroatoms. The van der Waals surface area contributed by atoms with Crippen LogP contribution in [0.4, 0.5) is 4.39 Å². The lowest BCUT2D eigenvalue weighted by Gasteiger charge is -2.02. The van der Waals surface area contributed by atoms with Gasteiger partial charge in [0.2, 0.25) is 0 Å². The molecule has 1 N–H and O–H groups in total. The van der Waals surface area contributed by atoms with Crippen LogP contribution >= 0.6 is 22.6 Å². The van der Waals surface area contributed by atoms with Gasteiger partial charge >= 0.3 is 7.12 Å². The first kappa shape index (κ1) is 20.0. The second-order valence-electron chi connectivity index (χ2n) is 6.34. The Kier molecular flexibility index (Phi) is 6.33. The topological polar surface area (TPSA) is 73.3 Å². The molecule has 2 aromatic heterocycles. The maximum atomic E-state index is 12.7. The van der Waals surface area contributed by atoms with Gasteiger partial charge in [0.05, 0.1) is 11.8 Å². The summed E-state index contributed by atoms with van der Waals surface area (Å²) in [7, 11) is 1.03. The van der Waals surface area contributed by atoms with E-state index < -0.39 is 7.12 Å². The van der Waals surface area contributed by atoms with Crippen molar-refractivity contribution in [3.8, 4) is 0 Å². The molecule has 0 fully saturated rings. The van der Waals surface area contributed by atoms with E-state index in [1.165, 1.54) is 17.7 Å². The predicted octanol–water partition coefficient (Wildman–Crippen LogP) is 2.77. The van der Waals surface area contributed by atoms with E-state index in [0.717, 1.165) is 33.6 Å². The van der Waals surface area contributed by atoms with Crippen molar-refractivity contribution < 1.29 is 18.6 Å². The van der Waals surface area contributed by atoms with Crippen LogP contribution in [0.3, 0.4) is 0 Å². The van der Waals surface area contributed by atoms with Crippen LogP contribution in [0, 0.1) is 9.52 Å². The first-order valence-corrected chi connectivity index (χ1v) is 9.70. The van der Waals surface area contributed by atoms with Crippen LogP contribution in [-0.2, 0) is 24.5 Å². The van der Waals surface area contributed by atoms with E-state index in [-0.39, 0.29) is 11.9 Å². The van der Waals surface area contributed by atoms with Gasteiger partial charge < -0.3 is 14.2 Å². The van der Waals surface area contributed by atoms with E-state index in [4.69, 9.17) is 9.18 Å². The van der Waals surface area contributed by atoms with E-state index >= 15 is 0 Å². The highest BCUT2D eigenvalue weighted by atomic mass is 127. The van der Waals surface area contributed by atoms with Crippen LogP contribution in [0.2, 0.25) is 0 Å². The molecule has 1 aliphatic rings. The second-order valence-corrected chi connectivity index (χ2v) is 7.36. The van der Waals surface area contributed by atoms with Crippen LogP contribution in [0.15, 0.2) is 35.0 Å². The summed E-state index contributed by atoms with van der Waals surface area (Å²) in [6, 6.07) is 6.28. The summed E-state index contributed by atoms with van der Waals surface area (Å²) in [5.74, 6) is 0.607. The molecule has 0 saturated heterocycles. The minimum Gasteiger partial charge on any atom is -0.423 e. The van der Waals surface area contributed by atoms with Crippen molar-refractivity contribution in [2.24, 2.45) is 7.05 Å². The monoisotopic (exact) mass is 483 g/mol. The van der Waals surface area contributed by atoms with Crippen LogP contribution in [0.25, 0.3) is 0 Å². The third kappa shape index (κ3) is 4.77. The fourth-order valence-corrected chi connectivity index (χ4v) is 3.56. The van der Waals surface area contributed by atoms with E-state index in [2.05, 4.69) is 39.8 Å². The lowest BCUT2D eigenvalue weighted by molar-refractivity contribution is 0.208. The van der Waals surface area contributed by atoms with Gasteiger partial charge in [0.25, 0.3) is 0 Å². The number of aryl methyl sites for hydroxylation is 2. The van der Waals surface area contributed by atoms with Crippen LogP contribution in [0.1, 0.15) is 42.5 Å². The molecule has 0 amide bonds. The van der Waals surface area contributed by atoms with Crippen LogP contribution in [-0.4, -0.2) is 27.1 Å². The predicted molar refractivity (Wildman–Crippen MR) is 108 cm³/mol. The van der Waals surface area contributed by atoms with Crippen molar-refractivity contribution in [2.45, 2.75) is 32.8 Å². The normalized spacial score (nSPS) is 15.5. The van der Waals surface area contributed by atoms with E-state index in [9.17, 15) is 9.41 Å². The van der Waals surface area contributed by atoms with E-state index in [1.54, 1.807) is 13.0 Å². The van der Waals surface area contributed by atoms with Crippen molar-refractivity contribution in [3.05, 3.63) is 62.6 Å². The highest BCUT2D eigenvalue weighted by Crippen LogP contribution is 2.22. The Morgan fingerprint density at radius 1 is 1.37 bits per heavy atom. The van der Waals surface area contributed by atoms with E-state index in [0.29, 0.717) is 5.46 Å². The Morgan fingerprint density at radius 3 is 2.78 bits per heavy atom. The van der Waals surface area contributed by atoms with Crippen LogP contribution < -0.4 is 5.46 Å². The summed E-state index contributed by atoms with van der Waals surface area (Å²) < 4.78 is 25.9. The van der Waals surface area contributed by atoms with Crippen molar-refractivity contribution in [1.82, 2.24) is 14.9 Å². The molecule has 4 rings (SSSR count). The Bertz CT molecular complexity index is 930. The van der Waals surface area contributed by atoms with Gasteiger partial charge in [-0.05, 0) is 59.1 Å². The molecule has 3 heterocycles. The molecule has 0 bridgehead atoms. The van der Waals surface area contributed by atoms with Crippen LogP contribution in [0.5, 0.6) is 0 Å². The molecule has 1 atom stereocenters. The smallest absolute Gasteiger partial charge is 0.423 e. The summed E-state index contributed by atoms with van der Waals surface area (Å²) in [4.78, 5) is 0. The minimum atomic E-state index is -0.893. The number of rotatable bonds is 3. The number of benzene rings is 1. The molecule has 0 saturated carbocycles. The van der Waals surface area contributed by atoms with Crippen molar-refractivity contribution in [1.29, 1.82) is 0 Å².